The molecule has 0 saturated carbocycles. The standard InChI is InChI=1S/C13H27N3O2/c1-5-7-10-16(9-6-2)13(18)12(17)14-8-11-15(3)4/h5-11H2,1-4H3,(H,14,17). The molecule has 1 N–H and O–H groups in total. The Morgan fingerprint density at radius 3 is 2.17 bits per heavy atom. The summed E-state index contributed by atoms with van der Waals surface area (Å²) < 4.78 is 0. The monoisotopic (exact) mass is 257 g/mol. The van der Waals surface area contributed by atoms with Gasteiger partial charge >= 0.3 is 11.8 Å². The van der Waals surface area contributed by atoms with E-state index in [1.54, 1.807) is 4.90 Å². The van der Waals surface area contributed by atoms with Gasteiger partial charge in [-0.2, -0.15) is 0 Å². The van der Waals surface area contributed by atoms with Crippen molar-refractivity contribution in [2.24, 2.45) is 0 Å². The van der Waals surface area contributed by atoms with Crippen molar-refractivity contribution in [3.05, 3.63) is 0 Å². The van der Waals surface area contributed by atoms with Crippen molar-refractivity contribution in [3.63, 3.8) is 0 Å². The van der Waals surface area contributed by atoms with E-state index in [1.807, 2.05) is 25.9 Å². The number of hydrogen-bond acceptors (Lipinski definition) is 3. The maximum atomic E-state index is 11.9. The van der Waals surface area contributed by atoms with Gasteiger partial charge in [-0.15, -0.1) is 0 Å². The maximum absolute atomic E-state index is 11.9. The predicted molar refractivity (Wildman–Crippen MR) is 73.3 cm³/mol. The summed E-state index contributed by atoms with van der Waals surface area (Å²) in [6.07, 6.45) is 2.84. The zero-order chi connectivity index (χ0) is 14.0. The topological polar surface area (TPSA) is 52.7 Å². The molecule has 0 aromatic carbocycles. The van der Waals surface area contributed by atoms with Crippen LogP contribution in [0.1, 0.15) is 33.1 Å². The third kappa shape index (κ3) is 7.27. The number of rotatable bonds is 8. The van der Waals surface area contributed by atoms with Gasteiger partial charge in [-0.1, -0.05) is 20.3 Å². The van der Waals surface area contributed by atoms with Crippen molar-refractivity contribution in [1.29, 1.82) is 0 Å². The van der Waals surface area contributed by atoms with Crippen LogP contribution in [0.25, 0.3) is 0 Å². The van der Waals surface area contributed by atoms with Crippen molar-refractivity contribution in [2.45, 2.75) is 33.1 Å². The summed E-state index contributed by atoms with van der Waals surface area (Å²) in [5.74, 6) is -0.884. The largest absolute Gasteiger partial charge is 0.347 e. The molecule has 0 saturated heterocycles. The first-order chi connectivity index (χ1) is 8.52. The Morgan fingerprint density at radius 1 is 1.00 bits per heavy atom. The van der Waals surface area contributed by atoms with Crippen LogP contribution in [0.5, 0.6) is 0 Å². The van der Waals surface area contributed by atoms with E-state index in [0.29, 0.717) is 19.6 Å². The van der Waals surface area contributed by atoms with Gasteiger partial charge in [-0.25, -0.2) is 0 Å². The molecule has 106 valence electrons. The average molecular weight is 257 g/mol. The molecule has 0 atom stereocenters. The first-order valence-electron chi connectivity index (χ1n) is 6.74. The highest BCUT2D eigenvalue weighted by atomic mass is 16.2. The minimum Gasteiger partial charge on any atom is -0.347 e. The molecule has 0 aliphatic heterocycles. The van der Waals surface area contributed by atoms with Crippen LogP contribution in [-0.4, -0.2) is 61.9 Å². The number of likely N-dealkylation sites (N-methyl/N-ethyl adjacent to an activating group) is 1. The Labute approximate surface area is 111 Å². The van der Waals surface area contributed by atoms with E-state index < -0.39 is 11.8 Å². The lowest BCUT2D eigenvalue weighted by molar-refractivity contribution is -0.145. The highest BCUT2D eigenvalue weighted by Crippen LogP contribution is 1.98. The smallest absolute Gasteiger partial charge is 0.311 e. The average Bonchev–Trinajstić information content (AvgIpc) is 2.33. The number of hydrogen-bond donors (Lipinski definition) is 1. The molecule has 18 heavy (non-hydrogen) atoms. The van der Waals surface area contributed by atoms with E-state index in [-0.39, 0.29) is 0 Å². The van der Waals surface area contributed by atoms with E-state index in [0.717, 1.165) is 25.8 Å². The number of nitrogens with zero attached hydrogens (tertiary/aromatic N) is 2. The normalized spacial score (nSPS) is 10.5. The fourth-order valence-electron chi connectivity index (χ4n) is 1.55. The highest BCUT2D eigenvalue weighted by molar-refractivity contribution is 6.35. The summed E-state index contributed by atoms with van der Waals surface area (Å²) in [4.78, 5) is 27.2. The van der Waals surface area contributed by atoms with E-state index in [1.165, 1.54) is 0 Å². The van der Waals surface area contributed by atoms with Crippen molar-refractivity contribution in [1.82, 2.24) is 15.1 Å². The van der Waals surface area contributed by atoms with Crippen molar-refractivity contribution in [2.75, 3.05) is 40.3 Å². The zero-order valence-electron chi connectivity index (χ0n) is 12.2. The Bertz CT molecular complexity index is 255. The van der Waals surface area contributed by atoms with Crippen molar-refractivity contribution < 1.29 is 9.59 Å². The number of carbonyl (C=O) groups excluding carboxylic acids is 2. The number of nitrogens with one attached hydrogen (secondary N) is 1. The van der Waals surface area contributed by atoms with Gasteiger partial charge < -0.3 is 15.1 Å². The van der Waals surface area contributed by atoms with Gasteiger partial charge in [0.05, 0.1) is 0 Å². The molecule has 0 aliphatic rings. The van der Waals surface area contributed by atoms with E-state index in [9.17, 15) is 9.59 Å². The fourth-order valence-corrected chi connectivity index (χ4v) is 1.55. The SMILES string of the molecule is CCCCN(CCC)C(=O)C(=O)NCCN(C)C. The molecule has 2 amide bonds. The molecule has 5 heteroatoms. The summed E-state index contributed by atoms with van der Waals surface area (Å²) >= 11 is 0. The Kier molecular flexibility index (Phi) is 9.28. The molecule has 0 fully saturated rings. The Balaban J connectivity index is 4.15. The molecule has 0 rings (SSSR count). The van der Waals surface area contributed by atoms with Gasteiger partial charge in [0.1, 0.15) is 0 Å². The second-order valence-electron chi connectivity index (χ2n) is 4.70. The lowest BCUT2D eigenvalue weighted by Crippen LogP contribution is -2.45. The maximum Gasteiger partial charge on any atom is 0.311 e. The summed E-state index contributed by atoms with van der Waals surface area (Å²) in [6, 6.07) is 0. The Hall–Kier alpha value is -1.10. The molecule has 0 spiro atoms. The van der Waals surface area contributed by atoms with E-state index >= 15 is 0 Å². The fraction of sp³-hybridized carbons (Fsp3) is 0.846. The molecular formula is C13H27N3O2. The van der Waals surface area contributed by atoms with Crippen LogP contribution >= 0.6 is 0 Å². The summed E-state index contributed by atoms with van der Waals surface area (Å²) in [7, 11) is 3.86. The molecule has 0 bridgehead atoms. The minimum absolute atomic E-state index is 0.399. The first kappa shape index (κ1) is 16.9. The van der Waals surface area contributed by atoms with E-state index in [2.05, 4.69) is 12.2 Å². The second-order valence-corrected chi connectivity index (χ2v) is 4.70. The first-order valence-corrected chi connectivity index (χ1v) is 6.74. The van der Waals surface area contributed by atoms with Crippen LogP contribution in [0, 0.1) is 0 Å². The van der Waals surface area contributed by atoms with Gasteiger partial charge in [0.2, 0.25) is 0 Å². The van der Waals surface area contributed by atoms with Crippen molar-refractivity contribution >= 4 is 11.8 Å². The number of carbonyl (C=O) groups is 2. The van der Waals surface area contributed by atoms with Crippen LogP contribution in [-0.2, 0) is 9.59 Å². The molecule has 5 nitrogen and oxygen atoms in total. The van der Waals surface area contributed by atoms with E-state index in [4.69, 9.17) is 0 Å². The number of amides is 2. The van der Waals surface area contributed by atoms with Gasteiger partial charge in [0.15, 0.2) is 0 Å². The third-order valence-electron chi connectivity index (χ3n) is 2.60. The molecule has 0 aromatic heterocycles. The quantitative estimate of drug-likeness (QED) is 0.651. The lowest BCUT2D eigenvalue weighted by atomic mass is 10.3. The molecular weight excluding hydrogens is 230 g/mol. The highest BCUT2D eigenvalue weighted by Gasteiger charge is 2.20. The zero-order valence-corrected chi connectivity index (χ0v) is 12.2. The summed E-state index contributed by atoms with van der Waals surface area (Å²) in [6.45, 7) is 6.65. The van der Waals surface area contributed by atoms with Gasteiger partial charge in [0, 0.05) is 26.2 Å². The molecule has 0 aromatic rings. The van der Waals surface area contributed by atoms with Crippen LogP contribution in [0.15, 0.2) is 0 Å². The van der Waals surface area contributed by atoms with Crippen LogP contribution in [0.4, 0.5) is 0 Å². The molecule has 0 heterocycles. The summed E-state index contributed by atoms with van der Waals surface area (Å²) in [5, 5.41) is 2.66. The third-order valence-corrected chi connectivity index (χ3v) is 2.60. The molecule has 0 radical (unpaired) electrons. The van der Waals surface area contributed by atoms with Crippen LogP contribution in [0.3, 0.4) is 0 Å². The molecule has 0 aliphatic carbocycles. The van der Waals surface area contributed by atoms with Gasteiger partial charge in [-0.3, -0.25) is 9.59 Å². The summed E-state index contributed by atoms with van der Waals surface area (Å²) in [5.41, 5.74) is 0. The van der Waals surface area contributed by atoms with Gasteiger partial charge in [0.25, 0.3) is 0 Å². The lowest BCUT2D eigenvalue weighted by Gasteiger charge is -2.21. The predicted octanol–water partition coefficient (Wildman–Crippen LogP) is 0.703. The Morgan fingerprint density at radius 2 is 1.67 bits per heavy atom. The second kappa shape index (κ2) is 9.88. The molecule has 0 unspecified atom stereocenters. The van der Waals surface area contributed by atoms with Crippen LogP contribution < -0.4 is 5.32 Å². The number of unbranched alkanes of at least 4 members (excludes halogenated alkanes) is 1. The minimum atomic E-state index is -0.485. The van der Waals surface area contributed by atoms with Gasteiger partial charge in [-0.05, 0) is 26.9 Å². The van der Waals surface area contributed by atoms with Crippen LogP contribution in [0.2, 0.25) is 0 Å². The van der Waals surface area contributed by atoms with Crippen molar-refractivity contribution in [3.8, 4) is 0 Å².